The van der Waals surface area contributed by atoms with E-state index in [4.69, 9.17) is 9.97 Å². The van der Waals surface area contributed by atoms with Crippen molar-refractivity contribution in [3.63, 3.8) is 0 Å². The van der Waals surface area contributed by atoms with Crippen LogP contribution in [0, 0.1) is 0 Å². The Morgan fingerprint density at radius 3 is 1.30 bits per heavy atom. The summed E-state index contributed by atoms with van der Waals surface area (Å²) in [5.74, 6) is 1.84. The first-order chi connectivity index (χ1) is 19.5. The number of benzene rings is 5. The number of fused-ring (bicyclic) bond motifs is 2. The van der Waals surface area contributed by atoms with E-state index in [9.17, 15) is 0 Å². The van der Waals surface area contributed by atoms with Crippen LogP contribution in [-0.4, -0.2) is 19.1 Å². The van der Waals surface area contributed by atoms with Crippen molar-refractivity contribution in [2.24, 2.45) is 0 Å². The summed E-state index contributed by atoms with van der Waals surface area (Å²) < 4.78 is 4.53. The van der Waals surface area contributed by atoms with Crippen molar-refractivity contribution in [2.75, 3.05) is 0 Å². The van der Waals surface area contributed by atoms with Crippen LogP contribution in [0.5, 0.6) is 0 Å². The summed E-state index contributed by atoms with van der Waals surface area (Å²) in [6, 6.07) is 44.5. The van der Waals surface area contributed by atoms with Crippen LogP contribution in [0.4, 0.5) is 0 Å². The number of imidazole rings is 2. The second-order valence-corrected chi connectivity index (χ2v) is 11.2. The van der Waals surface area contributed by atoms with E-state index >= 15 is 0 Å². The highest BCUT2D eigenvalue weighted by Crippen LogP contribution is 2.37. The van der Waals surface area contributed by atoms with Crippen molar-refractivity contribution >= 4 is 22.1 Å². The normalized spacial score (nSPS) is 11.9. The molecular formula is C36H30N4. The molecule has 0 saturated heterocycles. The Bertz CT molecular complexity index is 1840. The Morgan fingerprint density at radius 2 is 0.875 bits per heavy atom. The van der Waals surface area contributed by atoms with Crippen LogP contribution >= 0.6 is 0 Å². The molecule has 194 valence electrons. The maximum atomic E-state index is 5.18. The molecule has 0 fully saturated rings. The summed E-state index contributed by atoms with van der Waals surface area (Å²) in [7, 11) is 0. The minimum atomic E-state index is -0.0715. The molecule has 0 unspecified atom stereocenters. The fraction of sp³-hybridized carbons (Fsp3) is 0.111. The van der Waals surface area contributed by atoms with Gasteiger partial charge in [-0.25, -0.2) is 9.97 Å². The van der Waals surface area contributed by atoms with Crippen LogP contribution in [0.25, 0.3) is 56.2 Å². The Morgan fingerprint density at radius 1 is 0.475 bits per heavy atom. The van der Waals surface area contributed by atoms with Crippen molar-refractivity contribution in [3.8, 4) is 34.2 Å². The van der Waals surface area contributed by atoms with E-state index in [1.54, 1.807) is 0 Å². The zero-order valence-corrected chi connectivity index (χ0v) is 22.9. The molecule has 4 heteroatoms. The minimum Gasteiger partial charge on any atom is -0.292 e. The van der Waals surface area contributed by atoms with Crippen LogP contribution in [0.15, 0.2) is 127 Å². The Kier molecular flexibility index (Phi) is 5.64. The molecule has 0 aliphatic heterocycles. The molecular weight excluding hydrogens is 488 g/mol. The largest absolute Gasteiger partial charge is 0.292 e. The van der Waals surface area contributed by atoms with Gasteiger partial charge in [-0.2, -0.15) is 0 Å². The average Bonchev–Trinajstić information content (AvgIpc) is 3.57. The molecule has 4 nitrogen and oxygen atoms in total. The Labute approximate surface area is 234 Å². The van der Waals surface area contributed by atoms with Crippen molar-refractivity contribution in [1.29, 1.82) is 0 Å². The summed E-state index contributed by atoms with van der Waals surface area (Å²) in [4.78, 5) is 10.4. The van der Waals surface area contributed by atoms with E-state index in [1.807, 2.05) is 12.1 Å². The molecule has 0 saturated carbocycles. The maximum absolute atomic E-state index is 5.18. The van der Waals surface area contributed by atoms with Gasteiger partial charge < -0.3 is 0 Å². The topological polar surface area (TPSA) is 35.6 Å². The lowest BCUT2D eigenvalue weighted by Crippen LogP contribution is -2.12. The van der Waals surface area contributed by atoms with Gasteiger partial charge in [0.2, 0.25) is 0 Å². The second-order valence-electron chi connectivity index (χ2n) is 11.2. The zero-order valence-electron chi connectivity index (χ0n) is 22.9. The Balaban J connectivity index is 1.54. The third-order valence-electron chi connectivity index (χ3n) is 7.47. The lowest BCUT2D eigenvalue weighted by atomic mass is 9.84. The first kappa shape index (κ1) is 24.1. The maximum Gasteiger partial charge on any atom is 0.145 e. The molecule has 0 bridgehead atoms. The molecule has 0 spiro atoms. The van der Waals surface area contributed by atoms with Gasteiger partial charge in [0.25, 0.3) is 0 Å². The van der Waals surface area contributed by atoms with Crippen molar-refractivity contribution in [3.05, 3.63) is 133 Å². The van der Waals surface area contributed by atoms with Gasteiger partial charge in [-0.15, -0.1) is 0 Å². The quantitative estimate of drug-likeness (QED) is 0.233. The van der Waals surface area contributed by atoms with E-state index in [1.165, 1.54) is 5.56 Å². The summed E-state index contributed by atoms with van der Waals surface area (Å²) in [5, 5.41) is 0. The molecule has 0 aliphatic rings. The second kappa shape index (κ2) is 9.35. The van der Waals surface area contributed by atoms with Gasteiger partial charge in [-0.05, 0) is 77.7 Å². The van der Waals surface area contributed by atoms with E-state index in [-0.39, 0.29) is 5.41 Å². The van der Waals surface area contributed by atoms with Gasteiger partial charge in [0.15, 0.2) is 0 Å². The predicted molar refractivity (Wildman–Crippen MR) is 165 cm³/mol. The number of para-hydroxylation sites is 6. The SMILES string of the molecule is CC(C)(C)c1cc(-c2nc3ccccc3n2-c2ccccc2)cc(-c2nc3ccccc3n2-c2ccccc2)c1. The third-order valence-corrected chi connectivity index (χ3v) is 7.47. The first-order valence-electron chi connectivity index (χ1n) is 13.7. The Hall–Kier alpha value is -4.96. The number of hydrogen-bond acceptors (Lipinski definition) is 2. The predicted octanol–water partition coefficient (Wildman–Crippen LogP) is 9.00. The lowest BCUT2D eigenvalue weighted by Gasteiger charge is -2.22. The summed E-state index contributed by atoms with van der Waals surface area (Å²) >= 11 is 0. The first-order valence-corrected chi connectivity index (χ1v) is 13.7. The fourth-order valence-electron chi connectivity index (χ4n) is 5.43. The van der Waals surface area contributed by atoms with Gasteiger partial charge in [0.05, 0.1) is 22.1 Å². The van der Waals surface area contributed by atoms with Crippen LogP contribution in [-0.2, 0) is 5.41 Å². The van der Waals surface area contributed by atoms with Crippen LogP contribution in [0.2, 0.25) is 0 Å². The number of nitrogens with zero attached hydrogens (tertiary/aromatic N) is 4. The van der Waals surface area contributed by atoms with Gasteiger partial charge in [0, 0.05) is 22.5 Å². The molecule has 0 N–H and O–H groups in total. The minimum absolute atomic E-state index is 0.0715. The molecule has 40 heavy (non-hydrogen) atoms. The highest BCUT2D eigenvalue weighted by molar-refractivity contribution is 5.86. The third kappa shape index (κ3) is 4.09. The summed E-state index contributed by atoms with van der Waals surface area (Å²) in [6.45, 7) is 6.78. The molecule has 7 aromatic rings. The van der Waals surface area contributed by atoms with Gasteiger partial charge in [-0.1, -0.05) is 81.4 Å². The standard InChI is InChI=1S/C36H30N4/c1-36(2,3)27-23-25(34-37-30-18-10-12-20-32(30)39(34)28-14-6-4-7-15-28)22-26(24-27)35-38-31-19-11-13-21-33(31)40(35)29-16-8-5-9-17-29/h4-24H,1-3H3. The van der Waals surface area contributed by atoms with Crippen LogP contribution < -0.4 is 0 Å². The van der Waals surface area contributed by atoms with E-state index in [0.29, 0.717) is 0 Å². The van der Waals surface area contributed by atoms with Crippen molar-refractivity contribution < 1.29 is 0 Å². The molecule has 2 heterocycles. The highest BCUT2D eigenvalue weighted by atomic mass is 15.1. The van der Waals surface area contributed by atoms with Gasteiger partial charge in [0.1, 0.15) is 11.6 Å². The zero-order chi connectivity index (χ0) is 27.3. The van der Waals surface area contributed by atoms with Crippen LogP contribution in [0.3, 0.4) is 0 Å². The van der Waals surface area contributed by atoms with Gasteiger partial charge in [-0.3, -0.25) is 9.13 Å². The van der Waals surface area contributed by atoms with E-state index < -0.39 is 0 Å². The monoisotopic (exact) mass is 518 g/mol. The highest BCUT2D eigenvalue weighted by Gasteiger charge is 2.22. The molecule has 7 rings (SSSR count). The molecule has 0 atom stereocenters. The number of rotatable bonds is 4. The van der Waals surface area contributed by atoms with Gasteiger partial charge >= 0.3 is 0 Å². The number of aromatic nitrogens is 4. The summed E-state index contributed by atoms with van der Waals surface area (Å²) in [5.41, 5.74) is 9.59. The van der Waals surface area contributed by atoms with Crippen molar-refractivity contribution in [2.45, 2.75) is 26.2 Å². The lowest BCUT2D eigenvalue weighted by molar-refractivity contribution is 0.590. The molecule has 0 aliphatic carbocycles. The smallest absolute Gasteiger partial charge is 0.145 e. The fourth-order valence-corrected chi connectivity index (χ4v) is 5.43. The molecule has 5 aromatic carbocycles. The molecule has 0 amide bonds. The van der Waals surface area contributed by atoms with E-state index in [2.05, 4.69) is 145 Å². The molecule has 2 aromatic heterocycles. The molecule has 0 radical (unpaired) electrons. The van der Waals surface area contributed by atoms with E-state index in [0.717, 1.165) is 56.2 Å². The van der Waals surface area contributed by atoms with Crippen molar-refractivity contribution in [1.82, 2.24) is 19.1 Å². The summed E-state index contributed by atoms with van der Waals surface area (Å²) in [6.07, 6.45) is 0. The van der Waals surface area contributed by atoms with Crippen LogP contribution in [0.1, 0.15) is 26.3 Å². The average molecular weight is 519 g/mol. The number of hydrogen-bond donors (Lipinski definition) is 0.